The normalized spacial score (nSPS) is 29.0. The van der Waals surface area contributed by atoms with Crippen LogP contribution in [0, 0.1) is 0 Å². The highest BCUT2D eigenvalue weighted by Gasteiger charge is 2.29. The van der Waals surface area contributed by atoms with E-state index >= 15 is 0 Å². The summed E-state index contributed by atoms with van der Waals surface area (Å²) in [6.45, 7) is 1.79. The van der Waals surface area contributed by atoms with Crippen molar-refractivity contribution in [1.82, 2.24) is 14.8 Å². The van der Waals surface area contributed by atoms with Crippen LogP contribution in [0.5, 0.6) is 0 Å². The van der Waals surface area contributed by atoms with E-state index in [0.29, 0.717) is 5.92 Å². The van der Waals surface area contributed by atoms with Crippen molar-refractivity contribution in [2.24, 2.45) is 0 Å². The average Bonchev–Trinajstić information content (AvgIpc) is 2.83. The summed E-state index contributed by atoms with van der Waals surface area (Å²) in [5.74, 6) is 2.42. The van der Waals surface area contributed by atoms with Gasteiger partial charge in [-0.1, -0.05) is 0 Å². The molecular formula is C12H19N3O2. The molecule has 1 aromatic rings. The lowest BCUT2D eigenvalue weighted by Crippen LogP contribution is -2.26. The first-order valence-corrected chi connectivity index (χ1v) is 6.52. The van der Waals surface area contributed by atoms with Crippen LogP contribution < -0.4 is 0 Å². The van der Waals surface area contributed by atoms with Crippen LogP contribution in [0.15, 0.2) is 0 Å². The van der Waals surface area contributed by atoms with Crippen LogP contribution in [0.1, 0.15) is 49.3 Å². The fourth-order valence-corrected chi connectivity index (χ4v) is 2.93. The Hall–Kier alpha value is -0.940. The SMILES string of the molecule is OCC1CCCc2nnc(C3CCCOC3)n21. The van der Waals surface area contributed by atoms with Gasteiger partial charge in [-0.05, 0) is 25.7 Å². The maximum atomic E-state index is 9.47. The van der Waals surface area contributed by atoms with Gasteiger partial charge in [-0.2, -0.15) is 0 Å². The second kappa shape index (κ2) is 4.74. The first kappa shape index (κ1) is 11.2. The lowest BCUT2D eigenvalue weighted by Gasteiger charge is -2.28. The number of aryl methyl sites for hydroxylation is 1. The number of hydrogen-bond acceptors (Lipinski definition) is 4. The molecule has 0 bridgehead atoms. The van der Waals surface area contributed by atoms with Gasteiger partial charge in [-0.3, -0.25) is 0 Å². The summed E-state index contributed by atoms with van der Waals surface area (Å²) in [4.78, 5) is 0. The fourth-order valence-electron chi connectivity index (χ4n) is 2.93. The monoisotopic (exact) mass is 237 g/mol. The van der Waals surface area contributed by atoms with Crippen LogP contribution in [-0.4, -0.2) is 39.7 Å². The molecule has 3 rings (SSSR count). The van der Waals surface area contributed by atoms with Crippen LogP contribution >= 0.6 is 0 Å². The number of aliphatic hydroxyl groups is 1. The predicted molar refractivity (Wildman–Crippen MR) is 61.9 cm³/mol. The van der Waals surface area contributed by atoms with Crippen molar-refractivity contribution >= 4 is 0 Å². The van der Waals surface area contributed by atoms with Crippen molar-refractivity contribution in [2.75, 3.05) is 19.8 Å². The molecule has 2 atom stereocenters. The number of nitrogens with zero attached hydrogens (tertiary/aromatic N) is 3. The Labute approximate surface area is 101 Å². The molecule has 5 heteroatoms. The van der Waals surface area contributed by atoms with Crippen molar-refractivity contribution in [1.29, 1.82) is 0 Å². The molecule has 1 N–H and O–H groups in total. The molecule has 0 amide bonds. The van der Waals surface area contributed by atoms with E-state index < -0.39 is 0 Å². The van der Waals surface area contributed by atoms with Gasteiger partial charge < -0.3 is 14.4 Å². The van der Waals surface area contributed by atoms with Crippen LogP contribution in [0.4, 0.5) is 0 Å². The van der Waals surface area contributed by atoms with Gasteiger partial charge in [0.15, 0.2) is 0 Å². The Morgan fingerprint density at radius 3 is 3.00 bits per heavy atom. The molecular weight excluding hydrogens is 218 g/mol. The molecule has 1 aromatic heterocycles. The number of fused-ring (bicyclic) bond motifs is 1. The van der Waals surface area contributed by atoms with E-state index in [9.17, 15) is 5.11 Å². The maximum absolute atomic E-state index is 9.47. The van der Waals surface area contributed by atoms with E-state index in [0.717, 1.165) is 57.0 Å². The second-order valence-electron chi connectivity index (χ2n) is 4.99. The van der Waals surface area contributed by atoms with Crippen LogP contribution in [-0.2, 0) is 11.2 Å². The number of hydrogen-bond donors (Lipinski definition) is 1. The molecule has 2 aliphatic rings. The smallest absolute Gasteiger partial charge is 0.138 e. The topological polar surface area (TPSA) is 60.2 Å². The molecule has 2 unspecified atom stereocenters. The zero-order chi connectivity index (χ0) is 11.7. The number of ether oxygens (including phenoxy) is 1. The number of aliphatic hydroxyl groups excluding tert-OH is 1. The minimum Gasteiger partial charge on any atom is -0.394 e. The Morgan fingerprint density at radius 2 is 2.24 bits per heavy atom. The van der Waals surface area contributed by atoms with Gasteiger partial charge in [0.05, 0.1) is 19.3 Å². The molecule has 0 saturated carbocycles. The summed E-state index contributed by atoms with van der Waals surface area (Å²) < 4.78 is 7.69. The zero-order valence-electron chi connectivity index (χ0n) is 10.0. The van der Waals surface area contributed by atoms with Crippen molar-refractivity contribution < 1.29 is 9.84 Å². The average molecular weight is 237 g/mol. The van der Waals surface area contributed by atoms with Gasteiger partial charge in [0, 0.05) is 18.9 Å². The first-order valence-electron chi connectivity index (χ1n) is 6.52. The van der Waals surface area contributed by atoms with Crippen molar-refractivity contribution in [3.8, 4) is 0 Å². The van der Waals surface area contributed by atoms with E-state index in [1.165, 1.54) is 0 Å². The summed E-state index contributed by atoms with van der Waals surface area (Å²) >= 11 is 0. The zero-order valence-corrected chi connectivity index (χ0v) is 10.0. The van der Waals surface area contributed by atoms with E-state index in [1.54, 1.807) is 0 Å². The number of aromatic nitrogens is 3. The minimum absolute atomic E-state index is 0.172. The molecule has 1 saturated heterocycles. The molecule has 5 nitrogen and oxygen atoms in total. The molecule has 94 valence electrons. The van der Waals surface area contributed by atoms with E-state index in [4.69, 9.17) is 4.74 Å². The third-order valence-corrected chi connectivity index (χ3v) is 3.83. The summed E-state index contributed by atoms with van der Waals surface area (Å²) in [5, 5.41) is 18.1. The molecule has 0 spiro atoms. The molecule has 2 aliphatic heterocycles. The maximum Gasteiger partial charge on any atom is 0.138 e. The fraction of sp³-hybridized carbons (Fsp3) is 0.833. The largest absolute Gasteiger partial charge is 0.394 e. The second-order valence-corrected chi connectivity index (χ2v) is 4.99. The van der Waals surface area contributed by atoms with Crippen LogP contribution in [0.25, 0.3) is 0 Å². The van der Waals surface area contributed by atoms with Crippen molar-refractivity contribution in [2.45, 2.75) is 44.1 Å². The lowest BCUT2D eigenvalue weighted by atomic mass is 9.99. The highest BCUT2D eigenvalue weighted by atomic mass is 16.5. The standard InChI is InChI=1S/C12H19N3O2/c16-7-10-4-1-5-11-13-14-12(15(10)11)9-3-2-6-17-8-9/h9-10,16H,1-8H2. The Balaban J connectivity index is 1.91. The first-order chi connectivity index (χ1) is 8.40. The molecule has 0 radical (unpaired) electrons. The third kappa shape index (κ3) is 1.98. The Kier molecular flexibility index (Phi) is 3.11. The summed E-state index contributed by atoms with van der Waals surface area (Å²) in [6, 6.07) is 0.172. The Morgan fingerprint density at radius 1 is 1.29 bits per heavy atom. The van der Waals surface area contributed by atoms with Crippen molar-refractivity contribution in [3.05, 3.63) is 11.6 Å². The molecule has 1 fully saturated rings. The quantitative estimate of drug-likeness (QED) is 0.835. The third-order valence-electron chi connectivity index (χ3n) is 3.83. The van der Waals surface area contributed by atoms with Crippen molar-refractivity contribution in [3.63, 3.8) is 0 Å². The van der Waals surface area contributed by atoms with Gasteiger partial charge in [-0.15, -0.1) is 10.2 Å². The summed E-state index contributed by atoms with van der Waals surface area (Å²) in [5.41, 5.74) is 0. The minimum atomic E-state index is 0.172. The molecule has 0 aromatic carbocycles. The van der Waals surface area contributed by atoms with E-state index in [-0.39, 0.29) is 12.6 Å². The van der Waals surface area contributed by atoms with Crippen LogP contribution in [0.3, 0.4) is 0 Å². The van der Waals surface area contributed by atoms with Gasteiger partial charge in [0.25, 0.3) is 0 Å². The summed E-state index contributed by atoms with van der Waals surface area (Å²) in [6.07, 6.45) is 5.33. The predicted octanol–water partition coefficient (Wildman–Crippen LogP) is 1.04. The number of rotatable bonds is 2. The van der Waals surface area contributed by atoms with Gasteiger partial charge >= 0.3 is 0 Å². The van der Waals surface area contributed by atoms with E-state index in [2.05, 4.69) is 14.8 Å². The Bertz CT molecular complexity index is 385. The molecule has 0 aliphatic carbocycles. The molecule has 3 heterocycles. The van der Waals surface area contributed by atoms with Gasteiger partial charge in [0.2, 0.25) is 0 Å². The molecule has 17 heavy (non-hydrogen) atoms. The highest BCUT2D eigenvalue weighted by Crippen LogP contribution is 2.31. The van der Waals surface area contributed by atoms with Crippen LogP contribution in [0.2, 0.25) is 0 Å². The van der Waals surface area contributed by atoms with Gasteiger partial charge in [0.1, 0.15) is 11.6 Å². The highest BCUT2D eigenvalue weighted by molar-refractivity contribution is 5.07. The van der Waals surface area contributed by atoms with Gasteiger partial charge in [-0.25, -0.2) is 0 Å². The summed E-state index contributed by atoms with van der Waals surface area (Å²) in [7, 11) is 0. The lowest BCUT2D eigenvalue weighted by molar-refractivity contribution is 0.0751. The van der Waals surface area contributed by atoms with E-state index in [1.807, 2.05) is 0 Å².